The number of likely N-dealkylation sites (N-methyl/N-ethyl adjacent to an activating group) is 1. The van der Waals surface area contributed by atoms with E-state index in [-0.39, 0.29) is 17.9 Å². The zero-order chi connectivity index (χ0) is 31.1. The first-order valence-corrected chi connectivity index (χ1v) is 17.1. The van der Waals surface area contributed by atoms with E-state index < -0.39 is 6.04 Å². The fourth-order valence-corrected chi connectivity index (χ4v) is 6.66. The van der Waals surface area contributed by atoms with E-state index in [4.69, 9.17) is 4.74 Å². The fraction of sp³-hybridized carbons (Fsp3) is 0.622. The Morgan fingerprint density at radius 3 is 2.25 bits per heavy atom. The summed E-state index contributed by atoms with van der Waals surface area (Å²) in [7, 11) is 2.09. The lowest BCUT2D eigenvalue weighted by Gasteiger charge is -2.34. The first-order chi connectivity index (χ1) is 21.4. The van der Waals surface area contributed by atoms with Crippen molar-refractivity contribution in [1.29, 1.82) is 0 Å². The van der Waals surface area contributed by atoms with Gasteiger partial charge in [0.1, 0.15) is 18.4 Å². The van der Waals surface area contributed by atoms with Gasteiger partial charge in [-0.3, -0.25) is 14.5 Å². The molecule has 1 aliphatic heterocycles. The summed E-state index contributed by atoms with van der Waals surface area (Å²) in [5.74, 6) is 1.65. The summed E-state index contributed by atoms with van der Waals surface area (Å²) in [6, 6.07) is 17.1. The van der Waals surface area contributed by atoms with Gasteiger partial charge in [0.05, 0.1) is 6.04 Å². The van der Waals surface area contributed by atoms with Gasteiger partial charge < -0.3 is 20.3 Å². The average molecular weight is 605 g/mol. The van der Waals surface area contributed by atoms with Gasteiger partial charge in [0, 0.05) is 26.1 Å². The predicted molar refractivity (Wildman–Crippen MR) is 179 cm³/mol. The van der Waals surface area contributed by atoms with Crippen LogP contribution in [0, 0.1) is 11.8 Å². The van der Waals surface area contributed by atoms with Gasteiger partial charge in [-0.15, -0.1) is 0 Å². The summed E-state index contributed by atoms with van der Waals surface area (Å²) in [5, 5.41) is 6.35. The normalized spacial score (nSPS) is 17.8. The van der Waals surface area contributed by atoms with E-state index in [9.17, 15) is 9.59 Å². The standard InChI is InChI=1S/C37H56N4O3/c1-29(2)25-35(40(3)27-31-13-7-4-8-14-31)37(43)39-34(36(42)38-21-24-41-22-11-6-12-23-41)26-30-17-19-33(20-18-30)44-28-32-15-9-5-10-16-32/h5,9-10,15-20,29,31,34-35H,4,6-8,11-14,21-28H2,1-3H3,(H,38,42)(H,39,43)/t34-,35-/m0/s1. The second-order valence-electron chi connectivity index (χ2n) is 13.5. The predicted octanol–water partition coefficient (Wildman–Crippen LogP) is 5.82. The van der Waals surface area contributed by atoms with Crippen LogP contribution in [-0.4, -0.2) is 73.5 Å². The molecule has 0 aromatic heterocycles. The molecular weight excluding hydrogens is 548 g/mol. The number of rotatable bonds is 16. The van der Waals surface area contributed by atoms with Gasteiger partial charge in [0.25, 0.3) is 0 Å². The molecule has 1 saturated carbocycles. The van der Waals surface area contributed by atoms with E-state index in [0.717, 1.165) is 49.5 Å². The number of nitrogens with zero attached hydrogens (tertiary/aromatic N) is 2. The molecule has 0 radical (unpaired) electrons. The van der Waals surface area contributed by atoms with Gasteiger partial charge in [0.2, 0.25) is 11.8 Å². The number of ether oxygens (including phenoxy) is 1. The monoisotopic (exact) mass is 604 g/mol. The van der Waals surface area contributed by atoms with E-state index in [0.29, 0.717) is 31.4 Å². The molecule has 242 valence electrons. The van der Waals surface area contributed by atoms with Crippen LogP contribution in [0.25, 0.3) is 0 Å². The summed E-state index contributed by atoms with van der Waals surface area (Å²) in [6.07, 6.45) is 11.3. The Kier molecular flexibility index (Phi) is 14.0. The third-order valence-corrected chi connectivity index (χ3v) is 9.22. The number of hydrogen-bond donors (Lipinski definition) is 2. The molecule has 0 bridgehead atoms. The third kappa shape index (κ3) is 11.6. The molecule has 2 aliphatic rings. The lowest BCUT2D eigenvalue weighted by atomic mass is 9.88. The molecule has 1 heterocycles. The highest BCUT2D eigenvalue weighted by atomic mass is 16.5. The van der Waals surface area contributed by atoms with Gasteiger partial charge in [-0.05, 0) is 87.3 Å². The molecule has 1 aliphatic carbocycles. The summed E-state index contributed by atoms with van der Waals surface area (Å²) in [5.41, 5.74) is 2.11. The first-order valence-electron chi connectivity index (χ1n) is 17.1. The van der Waals surface area contributed by atoms with Crippen molar-refractivity contribution >= 4 is 11.8 Å². The van der Waals surface area contributed by atoms with Crippen LogP contribution < -0.4 is 15.4 Å². The first kappa shape index (κ1) is 34.0. The minimum atomic E-state index is -0.641. The van der Waals surface area contributed by atoms with Crippen LogP contribution in [0.3, 0.4) is 0 Å². The summed E-state index contributed by atoms with van der Waals surface area (Å²) in [4.78, 5) is 32.2. The van der Waals surface area contributed by atoms with Gasteiger partial charge in [-0.1, -0.05) is 82.0 Å². The zero-order valence-corrected chi connectivity index (χ0v) is 27.4. The highest BCUT2D eigenvalue weighted by Gasteiger charge is 2.30. The number of benzene rings is 2. The maximum atomic E-state index is 13.9. The van der Waals surface area contributed by atoms with Crippen LogP contribution in [0.2, 0.25) is 0 Å². The second kappa shape index (κ2) is 18.2. The van der Waals surface area contributed by atoms with Gasteiger partial charge in [0.15, 0.2) is 0 Å². The molecule has 0 unspecified atom stereocenters. The highest BCUT2D eigenvalue weighted by Crippen LogP contribution is 2.25. The maximum Gasteiger partial charge on any atom is 0.242 e. The van der Waals surface area contributed by atoms with Crippen molar-refractivity contribution in [3.8, 4) is 5.75 Å². The number of hydrogen-bond acceptors (Lipinski definition) is 5. The quantitative estimate of drug-likeness (QED) is 0.253. The van der Waals surface area contributed by atoms with Crippen molar-refractivity contribution in [2.75, 3.05) is 39.8 Å². The Morgan fingerprint density at radius 2 is 1.57 bits per heavy atom. The number of carbonyl (C=O) groups is 2. The largest absolute Gasteiger partial charge is 0.489 e. The minimum Gasteiger partial charge on any atom is -0.489 e. The number of nitrogens with one attached hydrogen (secondary N) is 2. The Labute approximate surface area is 266 Å². The van der Waals surface area contributed by atoms with Crippen molar-refractivity contribution in [3.05, 3.63) is 65.7 Å². The van der Waals surface area contributed by atoms with E-state index in [1.165, 1.54) is 51.4 Å². The maximum absolute atomic E-state index is 13.9. The molecular formula is C37H56N4O3. The summed E-state index contributed by atoms with van der Waals surface area (Å²) < 4.78 is 5.97. The van der Waals surface area contributed by atoms with Crippen LogP contribution >= 0.6 is 0 Å². The van der Waals surface area contributed by atoms with Crippen molar-refractivity contribution in [1.82, 2.24) is 20.4 Å². The Hall–Kier alpha value is -2.90. The molecule has 4 rings (SSSR count). The third-order valence-electron chi connectivity index (χ3n) is 9.22. The number of likely N-dealkylation sites (tertiary alicyclic amines) is 1. The molecule has 2 amide bonds. The van der Waals surface area contributed by atoms with Gasteiger partial charge in [-0.25, -0.2) is 0 Å². The molecule has 2 fully saturated rings. The van der Waals surface area contributed by atoms with Crippen molar-refractivity contribution in [2.24, 2.45) is 11.8 Å². The zero-order valence-electron chi connectivity index (χ0n) is 27.4. The van der Waals surface area contributed by atoms with Crippen molar-refractivity contribution < 1.29 is 14.3 Å². The van der Waals surface area contributed by atoms with E-state index in [1.54, 1.807) is 0 Å². The van der Waals surface area contributed by atoms with Gasteiger partial charge in [-0.2, -0.15) is 0 Å². The number of amides is 2. The lowest BCUT2D eigenvalue weighted by molar-refractivity contribution is -0.132. The van der Waals surface area contributed by atoms with Gasteiger partial charge >= 0.3 is 0 Å². The SMILES string of the molecule is CC(C)C[C@@H](C(=O)N[C@@H](Cc1ccc(OCc2ccccc2)cc1)C(=O)NCCN1CCCCC1)N(C)CC1CCCCC1. The Bertz CT molecular complexity index is 1110. The molecule has 7 nitrogen and oxygen atoms in total. The Balaban J connectivity index is 1.40. The minimum absolute atomic E-state index is 0.0454. The van der Waals surface area contributed by atoms with E-state index >= 15 is 0 Å². The van der Waals surface area contributed by atoms with Crippen LogP contribution in [0.1, 0.15) is 82.8 Å². The van der Waals surface area contributed by atoms with Crippen molar-refractivity contribution in [2.45, 2.75) is 96.7 Å². The lowest BCUT2D eigenvalue weighted by Crippen LogP contribution is -2.55. The molecule has 1 saturated heterocycles. The second-order valence-corrected chi connectivity index (χ2v) is 13.5. The number of piperidine rings is 1. The molecule has 0 spiro atoms. The van der Waals surface area contributed by atoms with E-state index in [2.05, 4.69) is 41.3 Å². The summed E-state index contributed by atoms with van der Waals surface area (Å²) in [6.45, 7) is 9.40. The average Bonchev–Trinajstić information content (AvgIpc) is 3.04. The molecule has 2 N–H and O–H groups in total. The smallest absolute Gasteiger partial charge is 0.242 e. The summed E-state index contributed by atoms with van der Waals surface area (Å²) >= 11 is 0. The molecule has 7 heteroatoms. The van der Waals surface area contributed by atoms with Crippen molar-refractivity contribution in [3.63, 3.8) is 0 Å². The highest BCUT2D eigenvalue weighted by molar-refractivity contribution is 5.90. The van der Waals surface area contributed by atoms with Crippen LogP contribution in [0.5, 0.6) is 5.75 Å². The Morgan fingerprint density at radius 1 is 0.886 bits per heavy atom. The fourth-order valence-electron chi connectivity index (χ4n) is 6.66. The number of carbonyl (C=O) groups excluding carboxylic acids is 2. The molecule has 2 aromatic rings. The van der Waals surface area contributed by atoms with Crippen LogP contribution in [0.4, 0.5) is 0 Å². The van der Waals surface area contributed by atoms with Crippen LogP contribution in [0.15, 0.2) is 54.6 Å². The molecule has 2 atom stereocenters. The molecule has 2 aromatic carbocycles. The molecule has 44 heavy (non-hydrogen) atoms. The topological polar surface area (TPSA) is 73.9 Å². The van der Waals surface area contributed by atoms with E-state index in [1.807, 2.05) is 54.6 Å². The van der Waals surface area contributed by atoms with Crippen LogP contribution in [-0.2, 0) is 22.6 Å².